The van der Waals surface area contributed by atoms with E-state index in [1.807, 2.05) is 0 Å². The maximum Gasteiger partial charge on any atom is 0.0751 e. The first-order valence-corrected chi connectivity index (χ1v) is 5.77. The van der Waals surface area contributed by atoms with Crippen LogP contribution in [0.1, 0.15) is 38.5 Å². The van der Waals surface area contributed by atoms with Gasteiger partial charge in [-0.25, -0.2) is 0 Å². The average molecular weight is 178 g/mol. The van der Waals surface area contributed by atoms with Gasteiger partial charge in [0.15, 0.2) is 0 Å². The molecule has 0 amide bonds. The summed E-state index contributed by atoms with van der Waals surface area (Å²) in [6, 6.07) is 0. The highest BCUT2D eigenvalue weighted by atomic mass is 15.4. The molecule has 1 saturated heterocycles. The van der Waals surface area contributed by atoms with Crippen LogP contribution in [0.15, 0.2) is 0 Å². The highest BCUT2D eigenvalue weighted by molar-refractivity contribution is 5.28. The number of hydrogen-bond donors (Lipinski definition) is 1. The topological polar surface area (TPSA) is 29.0 Å². The number of nitrogens with two attached hydrogens (primary N) is 1. The quantitative estimate of drug-likeness (QED) is 0.613. The zero-order valence-corrected chi connectivity index (χ0v) is 8.18. The minimum Gasteiger partial charge on any atom is -0.313 e. The van der Waals surface area contributed by atoms with Crippen molar-refractivity contribution in [1.82, 2.24) is 4.90 Å². The summed E-state index contributed by atoms with van der Waals surface area (Å²) < 4.78 is 0. The first-order chi connectivity index (χ1) is 6.23. The summed E-state index contributed by atoms with van der Waals surface area (Å²) in [4.78, 5) is 2.52. The van der Waals surface area contributed by atoms with Gasteiger partial charge in [-0.05, 0) is 43.9 Å². The van der Waals surface area contributed by atoms with Crippen LogP contribution in [0.3, 0.4) is 0 Å². The van der Waals surface area contributed by atoms with Crippen LogP contribution in [0.4, 0.5) is 0 Å². The maximum atomic E-state index is 6.59. The summed E-state index contributed by atoms with van der Waals surface area (Å²) in [5.74, 6) is 0. The number of nitrogens with zero attached hydrogens (tertiary/aromatic N) is 1. The highest BCUT2D eigenvalue weighted by Gasteiger charge is 2.77. The van der Waals surface area contributed by atoms with E-state index in [0.717, 1.165) is 5.41 Å². The lowest BCUT2D eigenvalue weighted by molar-refractivity contribution is -0.188. The Hall–Kier alpha value is -0.0800. The SMILES string of the molecule is NC1(N2CC2)CCC12CCC21CC1. The molecular weight excluding hydrogens is 160 g/mol. The molecular formula is C11H18N2. The van der Waals surface area contributed by atoms with Crippen molar-refractivity contribution < 1.29 is 0 Å². The van der Waals surface area contributed by atoms with E-state index >= 15 is 0 Å². The third-order valence-corrected chi connectivity index (χ3v) is 5.67. The second-order valence-electron chi connectivity index (χ2n) is 5.77. The van der Waals surface area contributed by atoms with Crippen molar-refractivity contribution in [1.29, 1.82) is 0 Å². The smallest absolute Gasteiger partial charge is 0.0751 e. The predicted molar refractivity (Wildman–Crippen MR) is 51.1 cm³/mol. The molecule has 0 aromatic heterocycles. The van der Waals surface area contributed by atoms with Gasteiger partial charge in [-0.1, -0.05) is 0 Å². The fourth-order valence-electron chi connectivity index (χ4n) is 4.32. The molecule has 2 spiro atoms. The normalized spacial score (nSPS) is 56.1. The van der Waals surface area contributed by atoms with Crippen LogP contribution < -0.4 is 5.73 Å². The molecule has 1 heterocycles. The van der Waals surface area contributed by atoms with Gasteiger partial charge in [0.05, 0.1) is 5.66 Å². The van der Waals surface area contributed by atoms with E-state index in [9.17, 15) is 0 Å². The van der Waals surface area contributed by atoms with E-state index in [1.165, 1.54) is 51.6 Å². The second-order valence-corrected chi connectivity index (χ2v) is 5.77. The van der Waals surface area contributed by atoms with E-state index in [2.05, 4.69) is 4.90 Å². The lowest BCUT2D eigenvalue weighted by atomic mass is 9.42. The van der Waals surface area contributed by atoms with Gasteiger partial charge in [-0.15, -0.1) is 0 Å². The Bertz CT molecular complexity index is 276. The van der Waals surface area contributed by atoms with Gasteiger partial charge < -0.3 is 5.73 Å². The molecule has 0 radical (unpaired) electrons. The minimum atomic E-state index is 0.155. The van der Waals surface area contributed by atoms with Gasteiger partial charge in [-0.3, -0.25) is 4.90 Å². The molecule has 0 aromatic rings. The third-order valence-electron chi connectivity index (χ3n) is 5.67. The van der Waals surface area contributed by atoms with Crippen LogP contribution >= 0.6 is 0 Å². The lowest BCUT2D eigenvalue weighted by Crippen LogP contribution is -2.74. The van der Waals surface area contributed by atoms with E-state index in [-0.39, 0.29) is 5.66 Å². The molecule has 2 N–H and O–H groups in total. The summed E-state index contributed by atoms with van der Waals surface area (Å²) in [6.45, 7) is 2.54. The van der Waals surface area contributed by atoms with Crippen LogP contribution in [0.5, 0.6) is 0 Å². The zero-order chi connectivity index (χ0) is 8.73. The molecule has 2 nitrogen and oxygen atoms in total. The third kappa shape index (κ3) is 0.556. The van der Waals surface area contributed by atoms with Crippen molar-refractivity contribution in [3.63, 3.8) is 0 Å². The molecule has 2 heteroatoms. The number of fused-ring (bicyclic) bond motifs is 1. The van der Waals surface area contributed by atoms with Crippen molar-refractivity contribution in [2.45, 2.75) is 44.2 Å². The zero-order valence-electron chi connectivity index (χ0n) is 8.18. The summed E-state index contributed by atoms with van der Waals surface area (Å²) >= 11 is 0. The van der Waals surface area contributed by atoms with Crippen molar-refractivity contribution in [2.75, 3.05) is 13.1 Å². The van der Waals surface area contributed by atoms with Gasteiger partial charge >= 0.3 is 0 Å². The van der Waals surface area contributed by atoms with E-state index in [1.54, 1.807) is 0 Å². The molecule has 4 fully saturated rings. The molecule has 4 aliphatic rings. The van der Waals surface area contributed by atoms with Gasteiger partial charge in [0, 0.05) is 18.5 Å². The first-order valence-electron chi connectivity index (χ1n) is 5.77. The molecule has 1 aliphatic heterocycles. The molecule has 4 rings (SSSR count). The van der Waals surface area contributed by atoms with Crippen LogP contribution in [-0.2, 0) is 0 Å². The summed E-state index contributed by atoms with van der Waals surface area (Å²) in [6.07, 6.45) is 8.59. The monoisotopic (exact) mass is 178 g/mol. The average Bonchev–Trinajstić information content (AvgIpc) is 2.88. The van der Waals surface area contributed by atoms with E-state index < -0.39 is 0 Å². The summed E-state index contributed by atoms with van der Waals surface area (Å²) in [5, 5.41) is 0. The van der Waals surface area contributed by atoms with Crippen LogP contribution in [0.25, 0.3) is 0 Å². The van der Waals surface area contributed by atoms with Gasteiger partial charge in [-0.2, -0.15) is 0 Å². The summed E-state index contributed by atoms with van der Waals surface area (Å²) in [5.41, 5.74) is 8.09. The minimum absolute atomic E-state index is 0.155. The fourth-order valence-corrected chi connectivity index (χ4v) is 4.32. The van der Waals surface area contributed by atoms with Gasteiger partial charge in [0.1, 0.15) is 0 Å². The molecule has 2 atom stereocenters. The van der Waals surface area contributed by atoms with Crippen molar-refractivity contribution in [3.8, 4) is 0 Å². The van der Waals surface area contributed by atoms with Crippen molar-refractivity contribution in [3.05, 3.63) is 0 Å². The van der Waals surface area contributed by atoms with Crippen molar-refractivity contribution in [2.24, 2.45) is 16.6 Å². The Labute approximate surface area is 79.5 Å². The standard InChI is InChI=1S/C11H18N2/c12-11(13-7-8-13)6-5-10(11)4-3-9(10)1-2-9/h1-8,12H2. The van der Waals surface area contributed by atoms with E-state index in [4.69, 9.17) is 5.73 Å². The Balaban J connectivity index is 1.73. The van der Waals surface area contributed by atoms with Crippen LogP contribution in [-0.4, -0.2) is 23.7 Å². The van der Waals surface area contributed by atoms with Crippen molar-refractivity contribution >= 4 is 0 Å². The largest absolute Gasteiger partial charge is 0.313 e. The van der Waals surface area contributed by atoms with Gasteiger partial charge in [0.2, 0.25) is 0 Å². The molecule has 0 bridgehead atoms. The van der Waals surface area contributed by atoms with Crippen LogP contribution in [0, 0.1) is 10.8 Å². The van der Waals surface area contributed by atoms with E-state index in [0.29, 0.717) is 5.41 Å². The lowest BCUT2D eigenvalue weighted by Gasteiger charge is -2.68. The second kappa shape index (κ2) is 1.70. The first kappa shape index (κ1) is 7.24. The fraction of sp³-hybridized carbons (Fsp3) is 1.00. The van der Waals surface area contributed by atoms with Gasteiger partial charge in [0.25, 0.3) is 0 Å². The Morgan fingerprint density at radius 2 is 1.46 bits per heavy atom. The summed E-state index contributed by atoms with van der Waals surface area (Å²) in [7, 11) is 0. The molecule has 3 aliphatic carbocycles. The molecule has 3 saturated carbocycles. The Morgan fingerprint density at radius 3 is 1.77 bits per heavy atom. The maximum absolute atomic E-state index is 6.59. The molecule has 0 aromatic carbocycles. The predicted octanol–water partition coefficient (Wildman–Crippen LogP) is 1.31. The number of hydrogen-bond acceptors (Lipinski definition) is 2. The molecule has 13 heavy (non-hydrogen) atoms. The Morgan fingerprint density at radius 1 is 0.846 bits per heavy atom. The van der Waals surface area contributed by atoms with Crippen LogP contribution in [0.2, 0.25) is 0 Å². The molecule has 72 valence electrons. The molecule has 2 unspecified atom stereocenters. The number of rotatable bonds is 1. The highest BCUT2D eigenvalue weighted by Crippen LogP contribution is 2.81. The Kier molecular flexibility index (Phi) is 0.947.